The van der Waals surface area contributed by atoms with Gasteiger partial charge in [-0.1, -0.05) is 5.16 Å². The number of likely N-dealkylation sites (tertiary alicyclic amines) is 1. The number of carbonyl (C=O) groups is 1. The van der Waals surface area contributed by atoms with E-state index in [0.29, 0.717) is 24.2 Å². The third-order valence-electron chi connectivity index (χ3n) is 3.74. The van der Waals surface area contributed by atoms with Crippen LogP contribution >= 0.6 is 0 Å². The Morgan fingerprint density at radius 1 is 1.43 bits per heavy atom. The maximum Gasteiger partial charge on any atom is 0.238 e. The highest BCUT2D eigenvalue weighted by molar-refractivity contribution is 7.88. The van der Waals surface area contributed by atoms with Crippen LogP contribution in [0, 0.1) is 0 Å². The van der Waals surface area contributed by atoms with Crippen molar-refractivity contribution in [3.8, 4) is 0 Å². The van der Waals surface area contributed by atoms with Gasteiger partial charge in [0.2, 0.25) is 21.8 Å². The Balaban J connectivity index is 1.67. The predicted octanol–water partition coefficient (Wildman–Crippen LogP) is 0.160. The fourth-order valence-corrected chi connectivity index (χ4v) is 2.89. The van der Waals surface area contributed by atoms with E-state index in [2.05, 4.69) is 14.9 Å². The topological polar surface area (TPSA) is 105 Å². The minimum Gasteiger partial charge on any atom is -0.339 e. The molecule has 0 aromatic carbocycles. The average molecular weight is 314 g/mol. The molecule has 21 heavy (non-hydrogen) atoms. The van der Waals surface area contributed by atoms with Crippen molar-refractivity contribution in [1.82, 2.24) is 19.8 Å². The number of carbonyl (C=O) groups excluding carboxylic acids is 1. The Morgan fingerprint density at radius 2 is 2.19 bits per heavy atom. The van der Waals surface area contributed by atoms with Gasteiger partial charge in [-0.3, -0.25) is 4.79 Å². The summed E-state index contributed by atoms with van der Waals surface area (Å²) in [5.41, 5.74) is 0. The fourth-order valence-electron chi connectivity index (χ4n) is 2.51. The van der Waals surface area contributed by atoms with Crippen molar-refractivity contribution in [2.24, 2.45) is 0 Å². The largest absolute Gasteiger partial charge is 0.339 e. The van der Waals surface area contributed by atoms with Crippen LogP contribution in [-0.2, 0) is 14.8 Å². The molecule has 1 atom stereocenters. The van der Waals surface area contributed by atoms with Crippen LogP contribution in [0.5, 0.6) is 0 Å². The Morgan fingerprint density at radius 3 is 2.86 bits per heavy atom. The second-order valence-electron chi connectivity index (χ2n) is 5.60. The van der Waals surface area contributed by atoms with Gasteiger partial charge in [-0.2, -0.15) is 4.98 Å². The van der Waals surface area contributed by atoms with Gasteiger partial charge in [-0.15, -0.1) is 0 Å². The lowest BCUT2D eigenvalue weighted by Crippen LogP contribution is -2.39. The van der Waals surface area contributed by atoms with E-state index >= 15 is 0 Å². The van der Waals surface area contributed by atoms with Crippen molar-refractivity contribution in [3.63, 3.8) is 0 Å². The van der Waals surface area contributed by atoms with E-state index in [1.165, 1.54) is 0 Å². The second-order valence-corrected chi connectivity index (χ2v) is 7.44. The van der Waals surface area contributed by atoms with Gasteiger partial charge in [0.1, 0.15) is 0 Å². The summed E-state index contributed by atoms with van der Waals surface area (Å²) in [4.78, 5) is 18.2. The van der Waals surface area contributed by atoms with Gasteiger partial charge in [0.05, 0.1) is 18.8 Å². The van der Waals surface area contributed by atoms with Crippen LogP contribution in [0.15, 0.2) is 4.52 Å². The molecule has 8 nitrogen and oxygen atoms in total. The summed E-state index contributed by atoms with van der Waals surface area (Å²) in [6.45, 7) is 0.352. The quantitative estimate of drug-likeness (QED) is 0.830. The molecule has 0 radical (unpaired) electrons. The number of nitrogens with zero attached hydrogens (tertiary/aromatic N) is 3. The van der Waals surface area contributed by atoms with E-state index in [-0.39, 0.29) is 18.5 Å². The maximum absolute atomic E-state index is 12.1. The lowest BCUT2D eigenvalue weighted by molar-refractivity contribution is -0.131. The number of amides is 1. The summed E-state index contributed by atoms with van der Waals surface area (Å²) in [6, 6.07) is -0.213. The highest BCUT2D eigenvalue weighted by atomic mass is 32.2. The van der Waals surface area contributed by atoms with E-state index in [0.717, 1.165) is 31.9 Å². The maximum atomic E-state index is 12.1. The average Bonchev–Trinajstić information content (AvgIpc) is 2.97. The van der Waals surface area contributed by atoms with Crippen molar-refractivity contribution in [3.05, 3.63) is 11.7 Å². The Hall–Kier alpha value is -1.48. The number of hydrogen-bond acceptors (Lipinski definition) is 6. The summed E-state index contributed by atoms with van der Waals surface area (Å²) in [5.74, 6) is 1.30. The van der Waals surface area contributed by atoms with Crippen molar-refractivity contribution in [2.45, 2.75) is 37.6 Å². The first-order valence-electron chi connectivity index (χ1n) is 7.01. The van der Waals surface area contributed by atoms with Crippen LogP contribution in [0.1, 0.15) is 49.4 Å². The van der Waals surface area contributed by atoms with E-state index in [4.69, 9.17) is 4.52 Å². The first-order chi connectivity index (χ1) is 9.94. The zero-order valence-electron chi connectivity index (χ0n) is 11.8. The summed E-state index contributed by atoms with van der Waals surface area (Å²) in [7, 11) is -3.38. The molecule has 1 saturated carbocycles. The Bertz CT molecular complexity index is 637. The van der Waals surface area contributed by atoms with E-state index < -0.39 is 10.0 Å². The third kappa shape index (κ3) is 3.41. The zero-order chi connectivity index (χ0) is 15.0. The van der Waals surface area contributed by atoms with Crippen LogP contribution in [0.3, 0.4) is 0 Å². The van der Waals surface area contributed by atoms with E-state index in [1.54, 1.807) is 4.90 Å². The SMILES string of the molecule is CS(=O)(=O)NCC(=O)N1CCC[C@H]1c1noc(C2CC2)n1. The highest BCUT2D eigenvalue weighted by Gasteiger charge is 2.36. The van der Waals surface area contributed by atoms with Crippen LogP contribution in [0.2, 0.25) is 0 Å². The second kappa shape index (κ2) is 5.38. The first-order valence-corrected chi connectivity index (χ1v) is 8.91. The summed E-state index contributed by atoms with van der Waals surface area (Å²) in [6.07, 6.45) is 4.81. The molecule has 1 saturated heterocycles. The van der Waals surface area contributed by atoms with Gasteiger partial charge in [-0.05, 0) is 25.7 Å². The van der Waals surface area contributed by atoms with Gasteiger partial charge >= 0.3 is 0 Å². The fraction of sp³-hybridized carbons (Fsp3) is 0.750. The zero-order valence-corrected chi connectivity index (χ0v) is 12.6. The van der Waals surface area contributed by atoms with Gasteiger partial charge in [0.25, 0.3) is 0 Å². The van der Waals surface area contributed by atoms with Gasteiger partial charge in [-0.25, -0.2) is 13.1 Å². The first kappa shape index (κ1) is 14.5. The summed E-state index contributed by atoms with van der Waals surface area (Å²) in [5, 5.41) is 3.98. The molecule has 0 unspecified atom stereocenters. The standard InChI is InChI=1S/C12H18N4O4S/c1-21(18,19)13-7-10(17)16-6-2-3-9(16)11-14-12(20-15-11)8-4-5-8/h8-9,13H,2-7H2,1H3/t9-/m0/s1. The molecule has 1 aromatic rings. The molecule has 9 heteroatoms. The monoisotopic (exact) mass is 314 g/mol. The minimum absolute atomic E-state index is 0.213. The van der Waals surface area contributed by atoms with Crippen molar-refractivity contribution >= 4 is 15.9 Å². The number of sulfonamides is 1. The molecular weight excluding hydrogens is 296 g/mol. The van der Waals surface area contributed by atoms with Crippen molar-refractivity contribution in [2.75, 3.05) is 19.3 Å². The summed E-state index contributed by atoms with van der Waals surface area (Å²) < 4.78 is 29.6. The molecule has 1 aliphatic carbocycles. The lowest BCUT2D eigenvalue weighted by atomic mass is 10.2. The molecule has 2 aliphatic rings. The number of hydrogen-bond donors (Lipinski definition) is 1. The minimum atomic E-state index is -3.38. The predicted molar refractivity (Wildman–Crippen MR) is 72.8 cm³/mol. The molecule has 2 fully saturated rings. The normalized spacial score (nSPS) is 22.7. The number of rotatable bonds is 5. The molecule has 0 spiro atoms. The van der Waals surface area contributed by atoms with Crippen LogP contribution < -0.4 is 4.72 Å². The molecular formula is C12H18N4O4S. The Labute approximate surface area is 122 Å². The van der Waals surface area contributed by atoms with Crippen LogP contribution in [0.25, 0.3) is 0 Å². The van der Waals surface area contributed by atoms with Crippen LogP contribution in [0.4, 0.5) is 0 Å². The number of nitrogens with one attached hydrogen (secondary N) is 1. The van der Waals surface area contributed by atoms with Crippen LogP contribution in [-0.4, -0.2) is 48.7 Å². The third-order valence-corrected chi connectivity index (χ3v) is 4.41. The molecule has 1 N–H and O–H groups in total. The lowest BCUT2D eigenvalue weighted by Gasteiger charge is -2.22. The molecule has 116 valence electrons. The van der Waals surface area contributed by atoms with E-state index in [1.807, 2.05) is 0 Å². The molecule has 1 aliphatic heterocycles. The molecule has 0 bridgehead atoms. The van der Waals surface area contributed by atoms with Crippen molar-refractivity contribution in [1.29, 1.82) is 0 Å². The summed E-state index contributed by atoms with van der Waals surface area (Å²) >= 11 is 0. The van der Waals surface area contributed by atoms with Gasteiger partial charge < -0.3 is 9.42 Å². The molecule has 3 rings (SSSR count). The van der Waals surface area contributed by atoms with E-state index in [9.17, 15) is 13.2 Å². The molecule has 1 amide bonds. The Kier molecular flexibility index (Phi) is 3.70. The van der Waals surface area contributed by atoms with Gasteiger partial charge in [0, 0.05) is 12.5 Å². The van der Waals surface area contributed by atoms with Gasteiger partial charge in [0.15, 0.2) is 5.82 Å². The molecule has 1 aromatic heterocycles. The van der Waals surface area contributed by atoms with Crippen molar-refractivity contribution < 1.29 is 17.7 Å². The molecule has 2 heterocycles. The number of aromatic nitrogens is 2. The highest BCUT2D eigenvalue weighted by Crippen LogP contribution is 2.40. The smallest absolute Gasteiger partial charge is 0.238 e.